The van der Waals surface area contributed by atoms with E-state index in [2.05, 4.69) is 23.7 Å². The molecule has 1 saturated heterocycles. The molecule has 1 atom stereocenters. The van der Waals surface area contributed by atoms with Crippen LogP contribution in [0.5, 0.6) is 0 Å². The fourth-order valence-corrected chi connectivity index (χ4v) is 3.49. The highest BCUT2D eigenvalue weighted by molar-refractivity contribution is 7.11. The Morgan fingerprint density at radius 3 is 3.00 bits per heavy atom. The summed E-state index contributed by atoms with van der Waals surface area (Å²) in [7, 11) is 0. The minimum Gasteiger partial charge on any atom is -0.391 e. The van der Waals surface area contributed by atoms with Crippen molar-refractivity contribution in [2.45, 2.75) is 58.2 Å². The lowest BCUT2D eigenvalue weighted by molar-refractivity contribution is 0.111. The highest BCUT2D eigenvalue weighted by Crippen LogP contribution is 2.24. The Morgan fingerprint density at radius 2 is 2.35 bits per heavy atom. The SMILES string of the molecule is CC(C)N1CCCCC1Cc1ncc(CO)s1. The smallest absolute Gasteiger partial charge is 0.0944 e. The Kier molecular flexibility index (Phi) is 4.54. The van der Waals surface area contributed by atoms with Crippen LogP contribution in [-0.2, 0) is 13.0 Å². The van der Waals surface area contributed by atoms with Crippen LogP contribution in [0, 0.1) is 0 Å². The van der Waals surface area contributed by atoms with Crippen molar-refractivity contribution in [2.24, 2.45) is 0 Å². The van der Waals surface area contributed by atoms with E-state index in [4.69, 9.17) is 5.11 Å². The van der Waals surface area contributed by atoms with Crippen LogP contribution < -0.4 is 0 Å². The van der Waals surface area contributed by atoms with E-state index in [1.54, 1.807) is 11.3 Å². The summed E-state index contributed by atoms with van der Waals surface area (Å²) in [6.07, 6.45) is 6.80. The maximum atomic E-state index is 9.06. The van der Waals surface area contributed by atoms with Gasteiger partial charge >= 0.3 is 0 Å². The van der Waals surface area contributed by atoms with Crippen molar-refractivity contribution < 1.29 is 5.11 Å². The van der Waals surface area contributed by atoms with Gasteiger partial charge in [0.2, 0.25) is 0 Å². The summed E-state index contributed by atoms with van der Waals surface area (Å²) in [5.41, 5.74) is 0. The summed E-state index contributed by atoms with van der Waals surface area (Å²) in [5, 5.41) is 10.2. The van der Waals surface area contributed by atoms with Crippen LogP contribution >= 0.6 is 11.3 Å². The Balaban J connectivity index is 2.00. The largest absolute Gasteiger partial charge is 0.391 e. The number of hydrogen-bond acceptors (Lipinski definition) is 4. The highest BCUT2D eigenvalue weighted by Gasteiger charge is 2.25. The zero-order chi connectivity index (χ0) is 12.3. The Labute approximate surface area is 107 Å². The van der Waals surface area contributed by atoms with Crippen molar-refractivity contribution in [1.29, 1.82) is 0 Å². The van der Waals surface area contributed by atoms with E-state index in [0.29, 0.717) is 12.1 Å². The fraction of sp³-hybridized carbons (Fsp3) is 0.769. The number of hydrogen-bond donors (Lipinski definition) is 1. The lowest BCUT2D eigenvalue weighted by Gasteiger charge is -2.38. The van der Waals surface area contributed by atoms with E-state index in [-0.39, 0.29) is 6.61 Å². The minimum atomic E-state index is 0.121. The molecule has 1 aromatic heterocycles. The molecule has 4 heteroatoms. The number of nitrogens with zero attached hydrogens (tertiary/aromatic N) is 2. The molecule has 1 aromatic rings. The van der Waals surface area contributed by atoms with Crippen LogP contribution in [0.25, 0.3) is 0 Å². The molecule has 2 heterocycles. The third-order valence-corrected chi connectivity index (χ3v) is 4.51. The number of piperidine rings is 1. The molecule has 17 heavy (non-hydrogen) atoms. The quantitative estimate of drug-likeness (QED) is 0.896. The standard InChI is InChI=1S/C13H22N2OS/c1-10(2)15-6-4-3-5-11(15)7-13-14-8-12(9-16)17-13/h8,10-11,16H,3-7,9H2,1-2H3. The first kappa shape index (κ1) is 13.0. The summed E-state index contributed by atoms with van der Waals surface area (Å²) in [4.78, 5) is 7.99. The number of aromatic nitrogens is 1. The third-order valence-electron chi connectivity index (χ3n) is 3.50. The molecule has 0 radical (unpaired) electrons. The van der Waals surface area contributed by atoms with Crippen molar-refractivity contribution >= 4 is 11.3 Å². The molecule has 0 aromatic carbocycles. The van der Waals surface area contributed by atoms with Gasteiger partial charge in [0.1, 0.15) is 0 Å². The molecule has 0 amide bonds. The van der Waals surface area contributed by atoms with Gasteiger partial charge in [0.15, 0.2) is 0 Å². The van der Waals surface area contributed by atoms with Crippen molar-refractivity contribution in [1.82, 2.24) is 9.88 Å². The van der Waals surface area contributed by atoms with Crippen molar-refractivity contribution in [3.05, 3.63) is 16.1 Å². The third kappa shape index (κ3) is 3.27. The Morgan fingerprint density at radius 1 is 1.53 bits per heavy atom. The van der Waals surface area contributed by atoms with E-state index in [0.717, 1.165) is 11.3 Å². The van der Waals surface area contributed by atoms with Crippen molar-refractivity contribution in [3.8, 4) is 0 Å². The van der Waals surface area contributed by atoms with Gasteiger partial charge in [0.05, 0.1) is 16.5 Å². The lowest BCUT2D eigenvalue weighted by Crippen LogP contribution is -2.44. The van der Waals surface area contributed by atoms with E-state index < -0.39 is 0 Å². The molecule has 96 valence electrons. The predicted octanol–water partition coefficient (Wildman–Crippen LogP) is 2.44. The molecule has 0 aliphatic carbocycles. The van der Waals surface area contributed by atoms with Gasteiger partial charge in [-0.3, -0.25) is 4.90 Å². The van der Waals surface area contributed by atoms with Crippen LogP contribution in [0.1, 0.15) is 43.0 Å². The van der Waals surface area contributed by atoms with E-state index in [1.165, 1.54) is 30.8 Å². The Bertz CT molecular complexity index is 351. The van der Waals surface area contributed by atoms with E-state index in [9.17, 15) is 0 Å². The normalized spacial score (nSPS) is 22.2. The molecule has 0 spiro atoms. The van der Waals surface area contributed by atoms with Crippen LogP contribution in [0.3, 0.4) is 0 Å². The van der Waals surface area contributed by atoms with Gasteiger partial charge < -0.3 is 5.11 Å². The minimum absolute atomic E-state index is 0.121. The summed E-state index contributed by atoms with van der Waals surface area (Å²) in [5.74, 6) is 0. The second kappa shape index (κ2) is 5.94. The summed E-state index contributed by atoms with van der Waals surface area (Å²) in [6, 6.07) is 1.26. The molecule has 1 fully saturated rings. The van der Waals surface area contributed by atoms with Crippen LogP contribution in [0.4, 0.5) is 0 Å². The molecule has 1 aliphatic rings. The predicted molar refractivity (Wildman–Crippen MR) is 71.2 cm³/mol. The molecule has 0 bridgehead atoms. The number of rotatable bonds is 4. The second-order valence-corrected chi connectivity index (χ2v) is 6.26. The van der Waals surface area contributed by atoms with Gasteiger partial charge in [-0.25, -0.2) is 4.98 Å². The Hall–Kier alpha value is -0.450. The first-order valence-electron chi connectivity index (χ1n) is 6.51. The monoisotopic (exact) mass is 254 g/mol. The number of thiazole rings is 1. The average Bonchev–Trinajstić information content (AvgIpc) is 2.77. The van der Waals surface area contributed by atoms with Gasteiger partial charge in [0.25, 0.3) is 0 Å². The molecule has 1 unspecified atom stereocenters. The van der Waals surface area contributed by atoms with Crippen molar-refractivity contribution in [3.63, 3.8) is 0 Å². The number of likely N-dealkylation sites (tertiary alicyclic amines) is 1. The van der Waals surface area contributed by atoms with Crippen molar-refractivity contribution in [2.75, 3.05) is 6.54 Å². The molecule has 1 N–H and O–H groups in total. The van der Waals surface area contributed by atoms with Gasteiger partial charge in [-0.2, -0.15) is 0 Å². The van der Waals surface area contributed by atoms with Crippen LogP contribution in [0.15, 0.2) is 6.20 Å². The second-order valence-electron chi connectivity index (χ2n) is 5.06. The average molecular weight is 254 g/mol. The first-order valence-corrected chi connectivity index (χ1v) is 7.32. The summed E-state index contributed by atoms with van der Waals surface area (Å²) >= 11 is 1.65. The summed E-state index contributed by atoms with van der Waals surface area (Å²) < 4.78 is 0. The summed E-state index contributed by atoms with van der Waals surface area (Å²) in [6.45, 7) is 5.90. The van der Waals surface area contributed by atoms with E-state index in [1.807, 2.05) is 6.20 Å². The number of aliphatic hydroxyl groups excluding tert-OH is 1. The highest BCUT2D eigenvalue weighted by atomic mass is 32.1. The fourth-order valence-electron chi connectivity index (χ4n) is 2.64. The first-order chi connectivity index (χ1) is 8.20. The molecule has 2 rings (SSSR count). The molecule has 3 nitrogen and oxygen atoms in total. The topological polar surface area (TPSA) is 36.4 Å². The number of aliphatic hydroxyl groups is 1. The van der Waals surface area contributed by atoms with E-state index >= 15 is 0 Å². The van der Waals surface area contributed by atoms with Crippen LogP contribution in [0.2, 0.25) is 0 Å². The lowest BCUT2D eigenvalue weighted by atomic mass is 9.98. The molecular formula is C13H22N2OS. The van der Waals surface area contributed by atoms with Gasteiger partial charge in [-0.05, 0) is 33.2 Å². The maximum Gasteiger partial charge on any atom is 0.0944 e. The van der Waals surface area contributed by atoms with Gasteiger partial charge in [-0.1, -0.05) is 6.42 Å². The molecule has 0 saturated carbocycles. The zero-order valence-corrected chi connectivity index (χ0v) is 11.5. The molecule has 1 aliphatic heterocycles. The van der Waals surface area contributed by atoms with Gasteiger partial charge in [-0.15, -0.1) is 11.3 Å². The molecular weight excluding hydrogens is 232 g/mol. The maximum absolute atomic E-state index is 9.06. The van der Waals surface area contributed by atoms with Crippen LogP contribution in [-0.4, -0.2) is 33.6 Å². The zero-order valence-electron chi connectivity index (χ0n) is 10.7. The van der Waals surface area contributed by atoms with Gasteiger partial charge in [0, 0.05) is 24.7 Å².